The minimum absolute atomic E-state index is 0.318. The monoisotopic (exact) mass is 306 g/mol. The number of hydrogen-bond acceptors (Lipinski definition) is 0. The number of hydrogen-bond donors (Lipinski definition) is 0. The number of rotatable bonds is 2. The lowest BCUT2D eigenvalue weighted by Crippen LogP contribution is -1.99. The summed E-state index contributed by atoms with van der Waals surface area (Å²) < 4.78 is 0. The molecule has 0 bridgehead atoms. The molecule has 0 heterocycles. The Morgan fingerprint density at radius 2 is 2.00 bits per heavy atom. The first-order chi connectivity index (χ1) is 6.92. The minimum atomic E-state index is 0.318. The van der Waals surface area contributed by atoms with Crippen LogP contribution in [0.3, 0.4) is 0 Å². The van der Waals surface area contributed by atoms with E-state index in [0.29, 0.717) is 16.2 Å². The standard InChI is InChI=1S/C12H13BrCl2/c1-12(2)6-9(12)11(13)8-5-7(14)3-4-10(8)15/h3-5,9,11H,6H2,1-2H3. The van der Waals surface area contributed by atoms with Gasteiger partial charge in [0.1, 0.15) is 0 Å². The highest BCUT2D eigenvalue weighted by atomic mass is 79.9. The summed E-state index contributed by atoms with van der Waals surface area (Å²) in [6, 6.07) is 5.64. The van der Waals surface area contributed by atoms with E-state index in [2.05, 4.69) is 29.8 Å². The zero-order valence-electron chi connectivity index (χ0n) is 8.73. The summed E-state index contributed by atoms with van der Waals surface area (Å²) in [6.07, 6.45) is 1.24. The fourth-order valence-electron chi connectivity index (χ4n) is 1.95. The highest BCUT2D eigenvalue weighted by Gasteiger charge is 2.50. The molecule has 1 aliphatic carbocycles. The normalized spacial score (nSPS) is 25.0. The Labute approximate surface area is 109 Å². The first-order valence-corrected chi connectivity index (χ1v) is 6.68. The second-order valence-electron chi connectivity index (χ2n) is 4.87. The lowest BCUT2D eigenvalue weighted by atomic mass is 10.0. The molecule has 0 N–H and O–H groups in total. The van der Waals surface area contributed by atoms with Crippen LogP contribution in [0.4, 0.5) is 0 Å². The molecule has 2 unspecified atom stereocenters. The van der Waals surface area contributed by atoms with Crippen LogP contribution in [-0.2, 0) is 0 Å². The lowest BCUT2D eigenvalue weighted by Gasteiger charge is -2.14. The first kappa shape index (κ1) is 11.8. The van der Waals surface area contributed by atoms with E-state index in [4.69, 9.17) is 23.2 Å². The van der Waals surface area contributed by atoms with Crippen LogP contribution in [0.25, 0.3) is 0 Å². The summed E-state index contributed by atoms with van der Waals surface area (Å²) in [7, 11) is 0. The van der Waals surface area contributed by atoms with Gasteiger partial charge in [-0.3, -0.25) is 0 Å². The van der Waals surface area contributed by atoms with Crippen molar-refractivity contribution in [3.63, 3.8) is 0 Å². The zero-order valence-corrected chi connectivity index (χ0v) is 11.8. The van der Waals surface area contributed by atoms with E-state index < -0.39 is 0 Å². The molecule has 0 radical (unpaired) electrons. The fourth-order valence-corrected chi connectivity index (χ4v) is 3.78. The third-order valence-electron chi connectivity index (χ3n) is 3.20. The van der Waals surface area contributed by atoms with Crippen LogP contribution in [0, 0.1) is 11.3 Å². The largest absolute Gasteiger partial charge is 0.0843 e. The van der Waals surface area contributed by atoms with Gasteiger partial charge in [-0.25, -0.2) is 0 Å². The molecule has 2 atom stereocenters. The lowest BCUT2D eigenvalue weighted by molar-refractivity contribution is 0.555. The van der Waals surface area contributed by atoms with Gasteiger partial charge < -0.3 is 0 Å². The molecule has 1 aromatic rings. The van der Waals surface area contributed by atoms with Crippen LogP contribution in [0.1, 0.15) is 30.7 Å². The van der Waals surface area contributed by atoms with E-state index in [0.717, 1.165) is 15.6 Å². The van der Waals surface area contributed by atoms with Crippen molar-refractivity contribution in [2.45, 2.75) is 25.1 Å². The van der Waals surface area contributed by atoms with Gasteiger partial charge in [-0.1, -0.05) is 53.0 Å². The number of halogens is 3. The summed E-state index contributed by atoms with van der Waals surface area (Å²) in [6.45, 7) is 4.56. The molecule has 1 aliphatic rings. The predicted molar refractivity (Wildman–Crippen MR) is 70.0 cm³/mol. The molecule has 0 spiro atoms. The van der Waals surface area contributed by atoms with Gasteiger partial charge in [0.2, 0.25) is 0 Å². The molecule has 3 heteroatoms. The smallest absolute Gasteiger partial charge is 0.0450 e. The van der Waals surface area contributed by atoms with E-state index in [1.807, 2.05) is 18.2 Å². The molecular weight excluding hydrogens is 295 g/mol. The number of benzene rings is 1. The zero-order chi connectivity index (χ0) is 11.2. The van der Waals surface area contributed by atoms with Gasteiger partial charge >= 0.3 is 0 Å². The van der Waals surface area contributed by atoms with E-state index >= 15 is 0 Å². The predicted octanol–water partition coefficient (Wildman–Crippen LogP) is 5.48. The molecule has 0 aromatic heterocycles. The van der Waals surface area contributed by atoms with Crippen molar-refractivity contribution in [3.05, 3.63) is 33.8 Å². The maximum Gasteiger partial charge on any atom is 0.0450 e. The molecule has 2 rings (SSSR count). The van der Waals surface area contributed by atoms with Crippen LogP contribution in [-0.4, -0.2) is 0 Å². The molecule has 0 amide bonds. The van der Waals surface area contributed by atoms with Gasteiger partial charge in [0.15, 0.2) is 0 Å². The van der Waals surface area contributed by atoms with Crippen LogP contribution >= 0.6 is 39.1 Å². The summed E-state index contributed by atoms with van der Waals surface area (Å²) in [5.41, 5.74) is 1.54. The van der Waals surface area contributed by atoms with Crippen molar-refractivity contribution in [2.75, 3.05) is 0 Å². The van der Waals surface area contributed by atoms with Crippen molar-refractivity contribution >= 4 is 39.1 Å². The topological polar surface area (TPSA) is 0 Å². The molecule has 0 nitrogen and oxygen atoms in total. The minimum Gasteiger partial charge on any atom is -0.0843 e. The highest BCUT2D eigenvalue weighted by Crippen LogP contribution is 2.61. The average molecular weight is 308 g/mol. The van der Waals surface area contributed by atoms with Gasteiger partial charge in [0, 0.05) is 14.9 Å². The molecule has 0 saturated heterocycles. The van der Waals surface area contributed by atoms with Gasteiger partial charge in [-0.15, -0.1) is 0 Å². The summed E-state index contributed by atoms with van der Waals surface area (Å²) >= 11 is 15.9. The van der Waals surface area contributed by atoms with E-state index in [9.17, 15) is 0 Å². The van der Waals surface area contributed by atoms with Crippen molar-refractivity contribution in [1.29, 1.82) is 0 Å². The molecule has 82 valence electrons. The summed E-state index contributed by atoms with van der Waals surface area (Å²) in [5, 5.41) is 1.54. The second-order valence-corrected chi connectivity index (χ2v) is 6.70. The fraction of sp³-hybridized carbons (Fsp3) is 0.500. The van der Waals surface area contributed by atoms with Crippen molar-refractivity contribution in [2.24, 2.45) is 11.3 Å². The van der Waals surface area contributed by atoms with Crippen molar-refractivity contribution < 1.29 is 0 Å². The Hall–Kier alpha value is 0.280. The first-order valence-electron chi connectivity index (χ1n) is 5.01. The van der Waals surface area contributed by atoms with Crippen LogP contribution in [0.15, 0.2) is 18.2 Å². The quantitative estimate of drug-likeness (QED) is 0.635. The Morgan fingerprint density at radius 1 is 1.40 bits per heavy atom. The van der Waals surface area contributed by atoms with Gasteiger partial charge in [-0.2, -0.15) is 0 Å². The van der Waals surface area contributed by atoms with Gasteiger partial charge in [0.25, 0.3) is 0 Å². The summed E-state index contributed by atoms with van der Waals surface area (Å²) in [4.78, 5) is 0.318. The third-order valence-corrected chi connectivity index (χ3v) is 4.91. The number of alkyl halides is 1. The van der Waals surface area contributed by atoms with Gasteiger partial charge in [0.05, 0.1) is 0 Å². The van der Waals surface area contributed by atoms with Crippen LogP contribution in [0.5, 0.6) is 0 Å². The van der Waals surface area contributed by atoms with Crippen molar-refractivity contribution in [1.82, 2.24) is 0 Å². The second kappa shape index (κ2) is 3.94. The van der Waals surface area contributed by atoms with Crippen LogP contribution in [0.2, 0.25) is 10.0 Å². The van der Waals surface area contributed by atoms with Crippen LogP contribution < -0.4 is 0 Å². The highest BCUT2D eigenvalue weighted by molar-refractivity contribution is 9.09. The molecule has 1 fully saturated rings. The molecular formula is C12H13BrCl2. The SMILES string of the molecule is CC1(C)CC1C(Br)c1cc(Cl)ccc1Cl. The molecule has 0 aliphatic heterocycles. The van der Waals surface area contributed by atoms with E-state index in [-0.39, 0.29) is 0 Å². The van der Waals surface area contributed by atoms with Crippen molar-refractivity contribution in [3.8, 4) is 0 Å². The van der Waals surface area contributed by atoms with Gasteiger partial charge in [-0.05, 0) is 41.5 Å². The Kier molecular flexibility index (Phi) is 3.09. The average Bonchev–Trinajstić information content (AvgIpc) is 2.78. The summed E-state index contributed by atoms with van der Waals surface area (Å²) in [5.74, 6) is 0.661. The van der Waals surface area contributed by atoms with E-state index in [1.54, 1.807) is 0 Å². The van der Waals surface area contributed by atoms with E-state index in [1.165, 1.54) is 6.42 Å². The maximum absolute atomic E-state index is 6.17. The Balaban J connectivity index is 2.26. The molecule has 15 heavy (non-hydrogen) atoms. The molecule has 1 saturated carbocycles. The maximum atomic E-state index is 6.17. The Morgan fingerprint density at radius 3 is 2.53 bits per heavy atom. The third kappa shape index (κ3) is 2.35. The Bertz CT molecular complexity index is 387. The molecule has 1 aromatic carbocycles.